The van der Waals surface area contributed by atoms with Gasteiger partial charge in [-0.05, 0) is 13.3 Å². The third kappa shape index (κ3) is 1.49. The van der Waals surface area contributed by atoms with E-state index in [-0.39, 0.29) is 6.10 Å². The summed E-state index contributed by atoms with van der Waals surface area (Å²) in [5.74, 6) is -0.464. The van der Waals surface area contributed by atoms with E-state index in [1.54, 1.807) is 6.92 Å². The molecule has 0 spiro atoms. The Balaban J connectivity index is 2.42. The minimum atomic E-state index is -1.16. The Labute approximate surface area is 70.6 Å². The Bertz CT molecular complexity index is 171. The first kappa shape index (κ1) is 8.81. The van der Waals surface area contributed by atoms with Gasteiger partial charge in [0.1, 0.15) is 6.10 Å². The molecule has 0 saturated carbocycles. The minimum absolute atomic E-state index is 0.164. The van der Waals surface area contributed by atoms with Gasteiger partial charge in [0.15, 0.2) is 0 Å². The average Bonchev–Trinajstić information content (AvgIpc) is 2.64. The molecular formula is C7H11ClO3. The van der Waals surface area contributed by atoms with Gasteiger partial charge in [0.05, 0.1) is 6.61 Å². The quantitative estimate of drug-likeness (QED) is 0.372. The SMILES string of the molecule is CCOC(=O)C1(Cl)OC1CC. The molecule has 1 heterocycles. The molecule has 0 aromatic rings. The molecule has 11 heavy (non-hydrogen) atoms. The molecule has 0 N–H and O–H groups in total. The molecule has 0 aromatic carbocycles. The van der Waals surface area contributed by atoms with Gasteiger partial charge in [-0.1, -0.05) is 18.5 Å². The molecule has 64 valence electrons. The van der Waals surface area contributed by atoms with E-state index in [0.29, 0.717) is 6.61 Å². The zero-order valence-corrected chi connectivity index (χ0v) is 7.35. The molecule has 2 atom stereocenters. The van der Waals surface area contributed by atoms with E-state index in [1.807, 2.05) is 6.92 Å². The van der Waals surface area contributed by atoms with Crippen LogP contribution in [0.2, 0.25) is 0 Å². The van der Waals surface area contributed by atoms with Crippen LogP contribution in [0.1, 0.15) is 20.3 Å². The van der Waals surface area contributed by atoms with Gasteiger partial charge in [-0.3, -0.25) is 0 Å². The van der Waals surface area contributed by atoms with Crippen LogP contribution in [0.5, 0.6) is 0 Å². The standard InChI is InChI=1S/C7H11ClO3/c1-3-5-7(8,11-5)6(9)10-4-2/h5H,3-4H2,1-2H3. The van der Waals surface area contributed by atoms with E-state index < -0.39 is 11.0 Å². The predicted octanol–water partition coefficient (Wildman–Crippen LogP) is 1.29. The van der Waals surface area contributed by atoms with Gasteiger partial charge in [0.25, 0.3) is 5.06 Å². The van der Waals surface area contributed by atoms with Gasteiger partial charge in [-0.2, -0.15) is 0 Å². The normalized spacial score (nSPS) is 35.0. The van der Waals surface area contributed by atoms with E-state index in [0.717, 1.165) is 6.42 Å². The van der Waals surface area contributed by atoms with Crippen LogP contribution in [0.4, 0.5) is 0 Å². The number of carbonyl (C=O) groups is 1. The summed E-state index contributed by atoms with van der Waals surface area (Å²) >= 11 is 5.74. The van der Waals surface area contributed by atoms with Crippen molar-refractivity contribution in [3.63, 3.8) is 0 Å². The highest BCUT2D eigenvalue weighted by atomic mass is 35.5. The van der Waals surface area contributed by atoms with Gasteiger partial charge in [-0.15, -0.1) is 0 Å². The topological polar surface area (TPSA) is 38.8 Å². The van der Waals surface area contributed by atoms with Crippen LogP contribution in [-0.4, -0.2) is 23.7 Å². The fraction of sp³-hybridized carbons (Fsp3) is 0.857. The lowest BCUT2D eigenvalue weighted by Crippen LogP contribution is -2.23. The first-order valence-electron chi connectivity index (χ1n) is 3.69. The Kier molecular flexibility index (Phi) is 2.40. The summed E-state index contributed by atoms with van der Waals surface area (Å²) in [7, 11) is 0. The smallest absolute Gasteiger partial charge is 0.357 e. The number of epoxide rings is 1. The average molecular weight is 179 g/mol. The van der Waals surface area contributed by atoms with E-state index in [4.69, 9.17) is 21.1 Å². The Morgan fingerprint density at radius 2 is 2.36 bits per heavy atom. The van der Waals surface area contributed by atoms with Crippen molar-refractivity contribution in [1.29, 1.82) is 0 Å². The molecule has 0 amide bonds. The lowest BCUT2D eigenvalue weighted by molar-refractivity contribution is -0.146. The Hall–Kier alpha value is -0.280. The maximum Gasteiger partial charge on any atom is 0.357 e. The summed E-state index contributed by atoms with van der Waals surface area (Å²) in [5, 5.41) is -1.16. The van der Waals surface area contributed by atoms with Crippen molar-refractivity contribution in [2.75, 3.05) is 6.61 Å². The molecule has 0 aliphatic carbocycles. The Morgan fingerprint density at radius 3 is 2.73 bits per heavy atom. The molecule has 3 nitrogen and oxygen atoms in total. The largest absolute Gasteiger partial charge is 0.463 e. The molecular weight excluding hydrogens is 168 g/mol. The van der Waals surface area contributed by atoms with Crippen LogP contribution in [0.15, 0.2) is 0 Å². The second-order valence-electron chi connectivity index (χ2n) is 2.38. The van der Waals surface area contributed by atoms with Crippen molar-refractivity contribution in [2.24, 2.45) is 0 Å². The molecule has 4 heteroatoms. The molecule has 1 aliphatic rings. The monoisotopic (exact) mass is 178 g/mol. The van der Waals surface area contributed by atoms with Crippen molar-refractivity contribution in [3.05, 3.63) is 0 Å². The first-order chi connectivity index (χ1) is 5.15. The number of hydrogen-bond donors (Lipinski definition) is 0. The third-order valence-electron chi connectivity index (χ3n) is 1.60. The lowest BCUT2D eigenvalue weighted by atomic mass is 10.2. The minimum Gasteiger partial charge on any atom is -0.463 e. The fourth-order valence-electron chi connectivity index (χ4n) is 0.928. The molecule has 0 bridgehead atoms. The molecule has 0 radical (unpaired) electrons. The summed E-state index contributed by atoms with van der Waals surface area (Å²) in [6.45, 7) is 3.99. The molecule has 2 unspecified atom stereocenters. The van der Waals surface area contributed by atoms with Crippen molar-refractivity contribution in [2.45, 2.75) is 31.4 Å². The first-order valence-corrected chi connectivity index (χ1v) is 4.06. The van der Waals surface area contributed by atoms with Crippen LogP contribution >= 0.6 is 11.6 Å². The van der Waals surface area contributed by atoms with E-state index >= 15 is 0 Å². The number of alkyl halides is 1. The number of ether oxygens (including phenoxy) is 2. The zero-order chi connectivity index (χ0) is 8.48. The number of halogens is 1. The van der Waals surface area contributed by atoms with Gasteiger partial charge >= 0.3 is 5.97 Å². The Morgan fingerprint density at radius 1 is 1.73 bits per heavy atom. The summed E-state index contributed by atoms with van der Waals surface area (Å²) in [6.07, 6.45) is 0.575. The van der Waals surface area contributed by atoms with Gasteiger partial charge in [0.2, 0.25) is 0 Å². The van der Waals surface area contributed by atoms with Crippen molar-refractivity contribution < 1.29 is 14.3 Å². The molecule has 0 aromatic heterocycles. The summed E-state index contributed by atoms with van der Waals surface area (Å²) in [6, 6.07) is 0. The summed E-state index contributed by atoms with van der Waals surface area (Å²) in [4.78, 5) is 11.0. The second kappa shape index (κ2) is 2.99. The van der Waals surface area contributed by atoms with E-state index in [2.05, 4.69) is 0 Å². The molecule has 1 saturated heterocycles. The van der Waals surface area contributed by atoms with Gasteiger partial charge < -0.3 is 9.47 Å². The summed E-state index contributed by atoms with van der Waals surface area (Å²) in [5.41, 5.74) is 0. The van der Waals surface area contributed by atoms with Gasteiger partial charge in [0, 0.05) is 0 Å². The maximum atomic E-state index is 11.0. The molecule has 1 aliphatic heterocycles. The number of rotatable bonds is 3. The van der Waals surface area contributed by atoms with Crippen LogP contribution < -0.4 is 0 Å². The number of carbonyl (C=O) groups excluding carboxylic acids is 1. The second-order valence-corrected chi connectivity index (χ2v) is 2.94. The van der Waals surface area contributed by atoms with Crippen LogP contribution in [-0.2, 0) is 14.3 Å². The predicted molar refractivity (Wildman–Crippen MR) is 40.4 cm³/mol. The van der Waals surface area contributed by atoms with Crippen molar-refractivity contribution in [3.8, 4) is 0 Å². The number of hydrogen-bond acceptors (Lipinski definition) is 3. The maximum absolute atomic E-state index is 11.0. The van der Waals surface area contributed by atoms with Crippen LogP contribution in [0, 0.1) is 0 Å². The highest BCUT2D eigenvalue weighted by Gasteiger charge is 2.62. The van der Waals surface area contributed by atoms with Crippen LogP contribution in [0.25, 0.3) is 0 Å². The van der Waals surface area contributed by atoms with Crippen LogP contribution in [0.3, 0.4) is 0 Å². The lowest BCUT2D eigenvalue weighted by Gasteiger charge is -2.02. The van der Waals surface area contributed by atoms with Gasteiger partial charge in [-0.25, -0.2) is 4.79 Å². The summed E-state index contributed by atoms with van der Waals surface area (Å²) < 4.78 is 9.66. The zero-order valence-electron chi connectivity index (χ0n) is 6.59. The van der Waals surface area contributed by atoms with E-state index in [9.17, 15) is 4.79 Å². The fourth-order valence-corrected chi connectivity index (χ4v) is 1.24. The highest BCUT2D eigenvalue weighted by molar-refractivity contribution is 6.35. The highest BCUT2D eigenvalue weighted by Crippen LogP contribution is 2.43. The number of esters is 1. The third-order valence-corrected chi connectivity index (χ3v) is 2.08. The van der Waals surface area contributed by atoms with Crippen molar-refractivity contribution in [1.82, 2.24) is 0 Å². The van der Waals surface area contributed by atoms with Crippen molar-refractivity contribution >= 4 is 17.6 Å². The molecule has 1 fully saturated rings. The molecule has 1 rings (SSSR count). The van der Waals surface area contributed by atoms with E-state index in [1.165, 1.54) is 0 Å².